The number of piperazine rings is 1. The molecule has 17 heavy (non-hydrogen) atoms. The van der Waals surface area contributed by atoms with E-state index in [1.807, 2.05) is 0 Å². The number of nitrogens with one attached hydrogen (secondary N) is 1. The van der Waals surface area contributed by atoms with Gasteiger partial charge in [0.2, 0.25) is 0 Å². The van der Waals surface area contributed by atoms with Gasteiger partial charge in [-0.15, -0.1) is 0 Å². The van der Waals surface area contributed by atoms with Gasteiger partial charge in [0.1, 0.15) is 0 Å². The summed E-state index contributed by atoms with van der Waals surface area (Å²) >= 11 is 0. The lowest BCUT2D eigenvalue weighted by atomic mass is 10.0. The molecular weight excluding hydrogens is 208 g/mol. The van der Waals surface area contributed by atoms with Gasteiger partial charge in [-0.3, -0.25) is 4.90 Å². The molecule has 2 unspecified atom stereocenters. The molecule has 0 bridgehead atoms. The first-order chi connectivity index (χ1) is 8.31. The number of rotatable bonds is 8. The standard InChI is InChI=1S/C15H32N2/c1-4-7-8-11-17-13-14(9-5-2)16-12-15(17)10-6-3/h14-16H,4-13H2,1-3H3. The summed E-state index contributed by atoms with van der Waals surface area (Å²) in [7, 11) is 0. The molecular formula is C15H32N2. The average molecular weight is 240 g/mol. The zero-order valence-electron chi connectivity index (χ0n) is 12.2. The molecule has 1 N–H and O–H groups in total. The van der Waals surface area contributed by atoms with Gasteiger partial charge in [0.15, 0.2) is 0 Å². The molecule has 0 saturated carbocycles. The van der Waals surface area contributed by atoms with Crippen molar-refractivity contribution in [2.75, 3.05) is 19.6 Å². The SMILES string of the molecule is CCCCCN1CC(CCC)NCC1CCC. The van der Waals surface area contributed by atoms with Gasteiger partial charge in [-0.2, -0.15) is 0 Å². The van der Waals surface area contributed by atoms with Crippen molar-refractivity contribution in [2.45, 2.75) is 77.8 Å². The lowest BCUT2D eigenvalue weighted by Gasteiger charge is -2.40. The molecule has 1 aliphatic heterocycles. The fourth-order valence-corrected chi connectivity index (χ4v) is 2.93. The van der Waals surface area contributed by atoms with E-state index in [0.717, 1.165) is 12.1 Å². The van der Waals surface area contributed by atoms with Gasteiger partial charge in [0, 0.05) is 25.2 Å². The van der Waals surface area contributed by atoms with Gasteiger partial charge >= 0.3 is 0 Å². The Labute approximate surface area is 108 Å². The fourth-order valence-electron chi connectivity index (χ4n) is 2.93. The van der Waals surface area contributed by atoms with E-state index in [9.17, 15) is 0 Å². The van der Waals surface area contributed by atoms with Crippen LogP contribution in [0.3, 0.4) is 0 Å². The minimum absolute atomic E-state index is 0.745. The fraction of sp³-hybridized carbons (Fsp3) is 1.00. The molecule has 1 rings (SSSR count). The number of hydrogen-bond donors (Lipinski definition) is 1. The lowest BCUT2D eigenvalue weighted by Crippen LogP contribution is -2.56. The first-order valence-electron chi connectivity index (χ1n) is 7.79. The van der Waals surface area contributed by atoms with Crippen molar-refractivity contribution in [2.24, 2.45) is 0 Å². The van der Waals surface area contributed by atoms with Crippen LogP contribution in [0.4, 0.5) is 0 Å². The Bertz CT molecular complexity index is 182. The molecule has 1 fully saturated rings. The highest BCUT2D eigenvalue weighted by molar-refractivity contribution is 4.85. The molecule has 1 heterocycles. The van der Waals surface area contributed by atoms with E-state index in [1.54, 1.807) is 0 Å². The van der Waals surface area contributed by atoms with Crippen LogP contribution in [-0.2, 0) is 0 Å². The van der Waals surface area contributed by atoms with Crippen LogP contribution in [0.15, 0.2) is 0 Å². The smallest absolute Gasteiger partial charge is 0.0221 e. The molecule has 0 amide bonds. The largest absolute Gasteiger partial charge is 0.311 e. The van der Waals surface area contributed by atoms with Crippen molar-refractivity contribution in [3.05, 3.63) is 0 Å². The van der Waals surface area contributed by atoms with Gasteiger partial charge in [0.25, 0.3) is 0 Å². The Morgan fingerprint density at radius 2 is 1.76 bits per heavy atom. The van der Waals surface area contributed by atoms with Crippen LogP contribution >= 0.6 is 0 Å². The van der Waals surface area contributed by atoms with Crippen LogP contribution < -0.4 is 5.32 Å². The second kappa shape index (κ2) is 8.93. The van der Waals surface area contributed by atoms with E-state index in [2.05, 4.69) is 31.0 Å². The van der Waals surface area contributed by atoms with E-state index >= 15 is 0 Å². The predicted octanol–water partition coefficient (Wildman–Crippen LogP) is 3.42. The molecule has 0 aromatic heterocycles. The van der Waals surface area contributed by atoms with E-state index in [0.29, 0.717) is 0 Å². The Hall–Kier alpha value is -0.0800. The first kappa shape index (κ1) is 15.0. The topological polar surface area (TPSA) is 15.3 Å². The minimum atomic E-state index is 0.745. The second-order valence-electron chi connectivity index (χ2n) is 5.54. The van der Waals surface area contributed by atoms with Crippen molar-refractivity contribution in [1.82, 2.24) is 10.2 Å². The highest BCUT2D eigenvalue weighted by Gasteiger charge is 2.25. The summed E-state index contributed by atoms with van der Waals surface area (Å²) in [6.45, 7) is 10.7. The van der Waals surface area contributed by atoms with Crippen LogP contribution in [0.25, 0.3) is 0 Å². The van der Waals surface area contributed by atoms with Crippen LogP contribution in [0.5, 0.6) is 0 Å². The second-order valence-corrected chi connectivity index (χ2v) is 5.54. The maximum atomic E-state index is 3.73. The molecule has 0 spiro atoms. The Morgan fingerprint density at radius 3 is 2.41 bits per heavy atom. The van der Waals surface area contributed by atoms with E-state index in [4.69, 9.17) is 0 Å². The number of hydrogen-bond acceptors (Lipinski definition) is 2. The maximum Gasteiger partial charge on any atom is 0.0221 e. The van der Waals surface area contributed by atoms with Crippen molar-refractivity contribution in [1.29, 1.82) is 0 Å². The molecule has 0 aromatic rings. The Balaban J connectivity index is 2.38. The Kier molecular flexibility index (Phi) is 7.87. The predicted molar refractivity (Wildman–Crippen MR) is 76.5 cm³/mol. The molecule has 2 atom stereocenters. The van der Waals surface area contributed by atoms with Gasteiger partial charge in [-0.05, 0) is 25.8 Å². The summed E-state index contributed by atoms with van der Waals surface area (Å²) in [5.74, 6) is 0. The van der Waals surface area contributed by atoms with E-state index < -0.39 is 0 Å². The maximum absolute atomic E-state index is 3.73. The van der Waals surface area contributed by atoms with Crippen molar-refractivity contribution in [3.63, 3.8) is 0 Å². The van der Waals surface area contributed by atoms with Crippen LogP contribution in [0, 0.1) is 0 Å². The number of nitrogens with zero attached hydrogens (tertiary/aromatic N) is 1. The third-order valence-electron chi connectivity index (χ3n) is 3.92. The summed E-state index contributed by atoms with van der Waals surface area (Å²) in [5, 5.41) is 3.73. The van der Waals surface area contributed by atoms with Crippen LogP contribution in [-0.4, -0.2) is 36.6 Å². The highest BCUT2D eigenvalue weighted by atomic mass is 15.2. The summed E-state index contributed by atoms with van der Waals surface area (Å²) in [6.07, 6.45) is 9.43. The molecule has 0 aliphatic carbocycles. The first-order valence-corrected chi connectivity index (χ1v) is 7.79. The summed E-state index contributed by atoms with van der Waals surface area (Å²) in [5.41, 5.74) is 0. The zero-order chi connectivity index (χ0) is 12.5. The average Bonchev–Trinajstić information content (AvgIpc) is 2.33. The Morgan fingerprint density at radius 1 is 1.00 bits per heavy atom. The van der Waals surface area contributed by atoms with Crippen molar-refractivity contribution >= 4 is 0 Å². The molecule has 2 heteroatoms. The molecule has 2 nitrogen and oxygen atoms in total. The molecule has 0 radical (unpaired) electrons. The van der Waals surface area contributed by atoms with Gasteiger partial charge < -0.3 is 5.32 Å². The van der Waals surface area contributed by atoms with Crippen molar-refractivity contribution in [3.8, 4) is 0 Å². The number of unbranched alkanes of at least 4 members (excludes halogenated alkanes) is 2. The van der Waals surface area contributed by atoms with Gasteiger partial charge in [-0.25, -0.2) is 0 Å². The third-order valence-corrected chi connectivity index (χ3v) is 3.92. The summed E-state index contributed by atoms with van der Waals surface area (Å²) in [6, 6.07) is 1.54. The van der Waals surface area contributed by atoms with E-state index in [1.165, 1.54) is 64.6 Å². The highest BCUT2D eigenvalue weighted by Crippen LogP contribution is 2.15. The molecule has 0 aromatic carbocycles. The zero-order valence-corrected chi connectivity index (χ0v) is 12.2. The quantitative estimate of drug-likeness (QED) is 0.654. The van der Waals surface area contributed by atoms with Crippen molar-refractivity contribution < 1.29 is 0 Å². The lowest BCUT2D eigenvalue weighted by molar-refractivity contribution is 0.117. The normalized spacial score (nSPS) is 26.3. The summed E-state index contributed by atoms with van der Waals surface area (Å²) in [4.78, 5) is 2.76. The minimum Gasteiger partial charge on any atom is -0.311 e. The van der Waals surface area contributed by atoms with Gasteiger partial charge in [0.05, 0.1) is 0 Å². The molecule has 1 saturated heterocycles. The van der Waals surface area contributed by atoms with Crippen LogP contribution in [0.1, 0.15) is 65.7 Å². The van der Waals surface area contributed by atoms with Gasteiger partial charge in [-0.1, -0.05) is 46.5 Å². The molecule has 1 aliphatic rings. The van der Waals surface area contributed by atoms with E-state index in [-0.39, 0.29) is 0 Å². The summed E-state index contributed by atoms with van der Waals surface area (Å²) < 4.78 is 0. The molecule has 102 valence electrons. The monoisotopic (exact) mass is 240 g/mol. The van der Waals surface area contributed by atoms with Crippen LogP contribution in [0.2, 0.25) is 0 Å². The third kappa shape index (κ3) is 5.39.